The van der Waals surface area contributed by atoms with E-state index in [9.17, 15) is 9.59 Å². The highest BCUT2D eigenvalue weighted by atomic mass is 16.6. The van der Waals surface area contributed by atoms with Gasteiger partial charge in [-0.25, -0.2) is 0 Å². The van der Waals surface area contributed by atoms with Gasteiger partial charge < -0.3 is 24.0 Å². The summed E-state index contributed by atoms with van der Waals surface area (Å²) in [7, 11) is 0. The highest BCUT2D eigenvalue weighted by Gasteiger charge is 2.35. The number of rotatable bonds is 6. The van der Waals surface area contributed by atoms with Crippen molar-refractivity contribution in [1.82, 2.24) is 14.7 Å². The molecule has 3 aliphatic rings. The van der Waals surface area contributed by atoms with Crippen LogP contribution in [0.15, 0.2) is 18.2 Å². The monoisotopic (exact) mass is 417 g/mol. The van der Waals surface area contributed by atoms with Crippen molar-refractivity contribution >= 4 is 11.8 Å². The van der Waals surface area contributed by atoms with Crippen molar-refractivity contribution < 1.29 is 23.8 Å². The van der Waals surface area contributed by atoms with E-state index in [4.69, 9.17) is 14.2 Å². The van der Waals surface area contributed by atoms with Crippen molar-refractivity contribution in [2.24, 2.45) is 0 Å². The molecule has 2 fully saturated rings. The normalized spacial score (nSPS) is 21.5. The number of nitrogens with zero attached hydrogens (tertiary/aromatic N) is 3. The van der Waals surface area contributed by atoms with Crippen LogP contribution in [-0.2, 0) is 20.9 Å². The Kier molecular flexibility index (Phi) is 6.74. The summed E-state index contributed by atoms with van der Waals surface area (Å²) >= 11 is 0. The molecule has 1 aromatic carbocycles. The number of hydrogen-bond acceptors (Lipinski definition) is 6. The van der Waals surface area contributed by atoms with E-state index < -0.39 is 0 Å². The minimum Gasteiger partial charge on any atom is -0.486 e. The molecule has 0 spiro atoms. The first-order chi connectivity index (χ1) is 14.6. The molecule has 4 rings (SSSR count). The van der Waals surface area contributed by atoms with Gasteiger partial charge in [-0.1, -0.05) is 6.07 Å². The second-order valence-electron chi connectivity index (χ2n) is 8.06. The van der Waals surface area contributed by atoms with Crippen LogP contribution in [0, 0.1) is 0 Å². The molecular formula is C22H31N3O5. The third-order valence-electron chi connectivity index (χ3n) is 6.02. The number of hydrogen-bond donors (Lipinski definition) is 0. The Bertz CT molecular complexity index is 765. The Morgan fingerprint density at radius 2 is 1.83 bits per heavy atom. The first-order valence-electron chi connectivity index (χ1n) is 10.9. The standard InChI is InChI=1S/C22H31N3O5/c1-17(26)25-6-2-3-19(25)22(27)24(8-7-23-9-11-28-12-10-23)16-18-4-5-20-21(15-18)30-14-13-29-20/h4-5,15,19H,2-3,6-14,16H2,1H3. The van der Waals surface area contributed by atoms with Crippen molar-refractivity contribution in [3.63, 3.8) is 0 Å². The molecule has 8 nitrogen and oxygen atoms in total. The van der Waals surface area contributed by atoms with Crippen molar-refractivity contribution in [3.8, 4) is 11.5 Å². The lowest BCUT2D eigenvalue weighted by Crippen LogP contribution is -2.49. The molecule has 0 N–H and O–H groups in total. The fraction of sp³-hybridized carbons (Fsp3) is 0.636. The van der Waals surface area contributed by atoms with Crippen LogP contribution in [0.3, 0.4) is 0 Å². The number of likely N-dealkylation sites (tertiary alicyclic amines) is 1. The quantitative estimate of drug-likeness (QED) is 0.691. The number of carbonyl (C=O) groups is 2. The van der Waals surface area contributed by atoms with E-state index >= 15 is 0 Å². The molecule has 1 aromatic rings. The van der Waals surface area contributed by atoms with E-state index in [1.165, 1.54) is 0 Å². The van der Waals surface area contributed by atoms with Crippen LogP contribution in [0.1, 0.15) is 25.3 Å². The van der Waals surface area contributed by atoms with Crippen LogP contribution in [-0.4, -0.2) is 91.7 Å². The topological polar surface area (TPSA) is 71.6 Å². The van der Waals surface area contributed by atoms with Gasteiger partial charge >= 0.3 is 0 Å². The lowest BCUT2D eigenvalue weighted by atomic mass is 10.1. The number of morpholine rings is 1. The first-order valence-corrected chi connectivity index (χ1v) is 10.9. The molecule has 2 amide bonds. The molecule has 1 atom stereocenters. The van der Waals surface area contributed by atoms with Crippen molar-refractivity contribution in [2.45, 2.75) is 32.4 Å². The van der Waals surface area contributed by atoms with Gasteiger partial charge in [0.2, 0.25) is 11.8 Å². The van der Waals surface area contributed by atoms with Crippen molar-refractivity contribution in [2.75, 3.05) is 59.2 Å². The van der Waals surface area contributed by atoms with Gasteiger partial charge in [0, 0.05) is 46.2 Å². The maximum Gasteiger partial charge on any atom is 0.245 e. The number of benzene rings is 1. The molecule has 0 aliphatic carbocycles. The number of fused-ring (bicyclic) bond motifs is 1. The van der Waals surface area contributed by atoms with Gasteiger partial charge in [0.25, 0.3) is 0 Å². The second kappa shape index (κ2) is 9.66. The van der Waals surface area contributed by atoms with Crippen LogP contribution in [0.5, 0.6) is 11.5 Å². The molecule has 0 aromatic heterocycles. The third-order valence-corrected chi connectivity index (χ3v) is 6.02. The summed E-state index contributed by atoms with van der Waals surface area (Å²) in [4.78, 5) is 31.4. The maximum atomic E-state index is 13.5. The predicted octanol–water partition coefficient (Wildman–Crippen LogP) is 1.13. The molecule has 0 bridgehead atoms. The molecule has 164 valence electrons. The van der Waals surface area contributed by atoms with E-state index in [-0.39, 0.29) is 17.9 Å². The molecular weight excluding hydrogens is 386 g/mol. The smallest absolute Gasteiger partial charge is 0.245 e. The van der Waals surface area contributed by atoms with Gasteiger partial charge in [0.15, 0.2) is 11.5 Å². The summed E-state index contributed by atoms with van der Waals surface area (Å²) in [6.45, 7) is 8.43. The summed E-state index contributed by atoms with van der Waals surface area (Å²) < 4.78 is 16.7. The number of carbonyl (C=O) groups excluding carboxylic acids is 2. The molecule has 1 unspecified atom stereocenters. The molecule has 0 saturated carbocycles. The Labute approximate surface area is 177 Å². The molecule has 3 heterocycles. The van der Waals surface area contributed by atoms with E-state index in [0.29, 0.717) is 32.8 Å². The van der Waals surface area contributed by atoms with Crippen LogP contribution < -0.4 is 9.47 Å². The van der Waals surface area contributed by atoms with Gasteiger partial charge in [-0.05, 0) is 30.5 Å². The molecule has 8 heteroatoms. The molecule has 30 heavy (non-hydrogen) atoms. The van der Waals surface area contributed by atoms with Crippen LogP contribution in [0.2, 0.25) is 0 Å². The average molecular weight is 418 g/mol. The Hall–Kier alpha value is -2.32. The summed E-state index contributed by atoms with van der Waals surface area (Å²) in [5.41, 5.74) is 1.00. The zero-order valence-corrected chi connectivity index (χ0v) is 17.7. The van der Waals surface area contributed by atoms with Crippen molar-refractivity contribution in [3.05, 3.63) is 23.8 Å². The lowest BCUT2D eigenvalue weighted by molar-refractivity contribution is -0.143. The Balaban J connectivity index is 1.48. The summed E-state index contributed by atoms with van der Waals surface area (Å²) in [5.74, 6) is 1.48. The summed E-state index contributed by atoms with van der Waals surface area (Å²) in [6.07, 6.45) is 1.60. The minimum atomic E-state index is -0.357. The minimum absolute atomic E-state index is 0.0293. The molecule has 2 saturated heterocycles. The highest BCUT2D eigenvalue weighted by Crippen LogP contribution is 2.31. The Morgan fingerprint density at radius 3 is 2.60 bits per heavy atom. The molecule has 3 aliphatic heterocycles. The summed E-state index contributed by atoms with van der Waals surface area (Å²) in [6, 6.07) is 5.50. The van der Waals surface area contributed by atoms with E-state index in [1.807, 2.05) is 23.1 Å². The number of ether oxygens (including phenoxy) is 3. The van der Waals surface area contributed by atoms with Crippen LogP contribution in [0.4, 0.5) is 0 Å². The van der Waals surface area contributed by atoms with E-state index in [2.05, 4.69) is 4.90 Å². The van der Waals surface area contributed by atoms with Crippen LogP contribution in [0.25, 0.3) is 0 Å². The van der Waals surface area contributed by atoms with Gasteiger partial charge in [-0.3, -0.25) is 14.5 Å². The third kappa shape index (κ3) is 4.87. The maximum absolute atomic E-state index is 13.5. The van der Waals surface area contributed by atoms with Gasteiger partial charge in [0.05, 0.1) is 13.2 Å². The first kappa shape index (κ1) is 20.9. The van der Waals surface area contributed by atoms with E-state index in [0.717, 1.165) is 62.8 Å². The fourth-order valence-electron chi connectivity index (χ4n) is 4.37. The predicted molar refractivity (Wildman–Crippen MR) is 111 cm³/mol. The molecule has 0 radical (unpaired) electrons. The Morgan fingerprint density at radius 1 is 1.07 bits per heavy atom. The zero-order chi connectivity index (χ0) is 20.9. The largest absolute Gasteiger partial charge is 0.486 e. The average Bonchev–Trinajstić information content (AvgIpc) is 3.27. The lowest BCUT2D eigenvalue weighted by Gasteiger charge is -2.33. The van der Waals surface area contributed by atoms with Gasteiger partial charge in [-0.15, -0.1) is 0 Å². The zero-order valence-electron chi connectivity index (χ0n) is 17.7. The van der Waals surface area contributed by atoms with E-state index in [1.54, 1.807) is 11.8 Å². The van der Waals surface area contributed by atoms with Gasteiger partial charge in [0.1, 0.15) is 19.3 Å². The van der Waals surface area contributed by atoms with Crippen LogP contribution >= 0.6 is 0 Å². The SMILES string of the molecule is CC(=O)N1CCCC1C(=O)N(CCN1CCOCC1)Cc1ccc2c(c1)OCCO2. The van der Waals surface area contributed by atoms with Gasteiger partial charge in [-0.2, -0.15) is 0 Å². The second-order valence-corrected chi connectivity index (χ2v) is 8.06. The number of amides is 2. The highest BCUT2D eigenvalue weighted by molar-refractivity contribution is 5.87. The fourth-order valence-corrected chi connectivity index (χ4v) is 4.37. The summed E-state index contributed by atoms with van der Waals surface area (Å²) in [5, 5.41) is 0. The van der Waals surface area contributed by atoms with Crippen molar-refractivity contribution in [1.29, 1.82) is 0 Å².